The Balaban J connectivity index is 1.90. The van der Waals surface area contributed by atoms with Crippen LogP contribution in [-0.4, -0.2) is 22.9 Å². The van der Waals surface area contributed by atoms with Gasteiger partial charge in [0.2, 0.25) is 0 Å². The Bertz CT molecular complexity index is 1200. The van der Waals surface area contributed by atoms with Crippen molar-refractivity contribution in [1.29, 1.82) is 0 Å². The maximum Gasteiger partial charge on any atom is 0.300 e. The van der Waals surface area contributed by atoms with E-state index in [1.807, 2.05) is 75.4 Å². The molecule has 168 valence electrons. The Hall–Kier alpha value is -3.86. The molecule has 33 heavy (non-hydrogen) atoms. The number of amides is 1. The van der Waals surface area contributed by atoms with Crippen molar-refractivity contribution in [2.24, 2.45) is 0 Å². The molecule has 0 bridgehead atoms. The second kappa shape index (κ2) is 9.33. The molecular formula is C28H27NO4. The number of anilines is 1. The first kappa shape index (κ1) is 22.3. The second-order valence-corrected chi connectivity index (χ2v) is 8.29. The molecule has 1 aliphatic rings. The van der Waals surface area contributed by atoms with Crippen LogP contribution in [0.15, 0.2) is 84.4 Å². The van der Waals surface area contributed by atoms with Gasteiger partial charge in [-0.25, -0.2) is 0 Å². The molecule has 3 aromatic carbocycles. The zero-order chi connectivity index (χ0) is 23.5. The number of carbonyl (C=O) groups excluding carboxylic acids is 2. The highest BCUT2D eigenvalue weighted by Gasteiger charge is 2.47. The summed E-state index contributed by atoms with van der Waals surface area (Å²) in [7, 11) is 0. The van der Waals surface area contributed by atoms with Gasteiger partial charge in [-0.2, -0.15) is 0 Å². The average Bonchev–Trinajstić information content (AvgIpc) is 3.09. The van der Waals surface area contributed by atoms with Crippen molar-refractivity contribution in [2.45, 2.75) is 39.3 Å². The highest BCUT2D eigenvalue weighted by atomic mass is 16.5. The minimum atomic E-state index is -0.783. The highest BCUT2D eigenvalue weighted by molar-refractivity contribution is 6.51. The number of rotatable bonds is 6. The van der Waals surface area contributed by atoms with Crippen molar-refractivity contribution in [1.82, 2.24) is 0 Å². The van der Waals surface area contributed by atoms with E-state index in [1.165, 1.54) is 4.90 Å². The first-order valence-corrected chi connectivity index (χ1v) is 11.1. The van der Waals surface area contributed by atoms with E-state index in [2.05, 4.69) is 0 Å². The molecule has 0 spiro atoms. The summed E-state index contributed by atoms with van der Waals surface area (Å²) in [5.41, 5.74) is 2.95. The lowest BCUT2D eigenvalue weighted by molar-refractivity contribution is -0.132. The molecule has 1 N–H and O–H groups in total. The molecule has 1 heterocycles. The van der Waals surface area contributed by atoms with Crippen LogP contribution in [0.1, 0.15) is 43.5 Å². The minimum absolute atomic E-state index is 0.0298. The smallest absolute Gasteiger partial charge is 0.300 e. The molecule has 1 aliphatic heterocycles. The number of ketones is 1. The van der Waals surface area contributed by atoms with Gasteiger partial charge in [0.15, 0.2) is 0 Å². The first-order valence-electron chi connectivity index (χ1n) is 11.1. The van der Waals surface area contributed by atoms with Crippen LogP contribution in [0, 0.1) is 0 Å². The summed E-state index contributed by atoms with van der Waals surface area (Å²) in [5.74, 6) is -0.938. The van der Waals surface area contributed by atoms with Gasteiger partial charge in [0, 0.05) is 11.3 Å². The molecule has 0 aromatic heterocycles. The molecule has 0 saturated carbocycles. The van der Waals surface area contributed by atoms with Crippen LogP contribution >= 0.6 is 0 Å². The predicted molar refractivity (Wildman–Crippen MR) is 129 cm³/mol. The summed E-state index contributed by atoms with van der Waals surface area (Å²) in [4.78, 5) is 27.9. The van der Waals surface area contributed by atoms with Crippen LogP contribution in [0.5, 0.6) is 5.75 Å². The summed E-state index contributed by atoms with van der Waals surface area (Å²) in [6.07, 6.45) is 0.833. The standard InChI is InChI=1S/C28H27NO4/c1-4-19-13-15-20(16-14-19)26(30)24-25(21-9-8-12-23(17-21)33-18(2)3)29(28(32)27(24)31)22-10-6-5-7-11-22/h5-18,25,30H,4H2,1-3H3/b26-24-. The van der Waals surface area contributed by atoms with Crippen LogP contribution in [0.3, 0.4) is 0 Å². The number of Topliss-reactive ketones (excluding diaryl/α,β-unsaturated/α-hetero) is 1. The third kappa shape index (κ3) is 4.40. The van der Waals surface area contributed by atoms with Crippen LogP contribution < -0.4 is 9.64 Å². The maximum atomic E-state index is 13.2. The first-order chi connectivity index (χ1) is 15.9. The van der Waals surface area contributed by atoms with Gasteiger partial charge in [-0.15, -0.1) is 0 Å². The second-order valence-electron chi connectivity index (χ2n) is 8.29. The molecule has 0 aliphatic carbocycles. The molecule has 0 radical (unpaired) electrons. The van der Waals surface area contributed by atoms with E-state index in [0.29, 0.717) is 22.6 Å². The van der Waals surface area contributed by atoms with Crippen LogP contribution in [0.4, 0.5) is 5.69 Å². The van der Waals surface area contributed by atoms with Crippen LogP contribution in [0.2, 0.25) is 0 Å². The van der Waals surface area contributed by atoms with Crippen molar-refractivity contribution < 1.29 is 19.4 Å². The normalized spacial score (nSPS) is 17.6. The molecule has 1 saturated heterocycles. The molecule has 5 nitrogen and oxygen atoms in total. The van der Waals surface area contributed by atoms with E-state index < -0.39 is 17.7 Å². The zero-order valence-corrected chi connectivity index (χ0v) is 19.0. The average molecular weight is 442 g/mol. The van der Waals surface area contributed by atoms with E-state index in [4.69, 9.17) is 4.74 Å². The molecule has 4 rings (SSSR count). The van der Waals surface area contributed by atoms with Gasteiger partial charge in [0.05, 0.1) is 17.7 Å². The lowest BCUT2D eigenvalue weighted by Crippen LogP contribution is -2.29. The van der Waals surface area contributed by atoms with Crippen molar-refractivity contribution in [3.63, 3.8) is 0 Å². The quantitative estimate of drug-likeness (QED) is 0.304. The molecule has 1 amide bonds. The number of carbonyl (C=O) groups is 2. The summed E-state index contributed by atoms with van der Waals surface area (Å²) in [6, 6.07) is 23.0. The van der Waals surface area contributed by atoms with Crippen molar-refractivity contribution in [3.05, 3.63) is 101 Å². The summed E-state index contributed by atoms with van der Waals surface area (Å²) < 4.78 is 5.85. The lowest BCUT2D eigenvalue weighted by atomic mass is 9.94. The predicted octanol–water partition coefficient (Wildman–Crippen LogP) is 5.66. The monoisotopic (exact) mass is 441 g/mol. The van der Waals surface area contributed by atoms with Gasteiger partial charge in [0.1, 0.15) is 11.5 Å². The number of hydrogen-bond donors (Lipinski definition) is 1. The van der Waals surface area contributed by atoms with E-state index in [0.717, 1.165) is 12.0 Å². The van der Waals surface area contributed by atoms with E-state index >= 15 is 0 Å². The molecule has 5 heteroatoms. The largest absolute Gasteiger partial charge is 0.507 e. The van der Waals surface area contributed by atoms with Crippen LogP contribution in [-0.2, 0) is 16.0 Å². The molecule has 1 unspecified atom stereocenters. The van der Waals surface area contributed by atoms with Gasteiger partial charge in [-0.3, -0.25) is 14.5 Å². The summed E-state index contributed by atoms with van der Waals surface area (Å²) in [6.45, 7) is 5.91. The minimum Gasteiger partial charge on any atom is -0.507 e. The van der Waals surface area contributed by atoms with Crippen LogP contribution in [0.25, 0.3) is 5.76 Å². The van der Waals surface area contributed by atoms with E-state index in [9.17, 15) is 14.7 Å². The topological polar surface area (TPSA) is 66.8 Å². The number of aryl methyl sites for hydroxylation is 1. The fraction of sp³-hybridized carbons (Fsp3) is 0.214. The fourth-order valence-electron chi connectivity index (χ4n) is 4.09. The third-order valence-corrected chi connectivity index (χ3v) is 5.66. The Labute approximate surface area is 193 Å². The van der Waals surface area contributed by atoms with E-state index in [-0.39, 0.29) is 17.4 Å². The Kier molecular flexibility index (Phi) is 6.31. The molecule has 3 aromatic rings. The summed E-state index contributed by atoms with van der Waals surface area (Å²) >= 11 is 0. The highest BCUT2D eigenvalue weighted by Crippen LogP contribution is 2.42. The maximum absolute atomic E-state index is 13.2. The van der Waals surface area contributed by atoms with Crippen molar-refractivity contribution >= 4 is 23.1 Å². The number of benzene rings is 3. The fourth-order valence-corrected chi connectivity index (χ4v) is 4.09. The number of aliphatic hydroxyl groups excluding tert-OH is 1. The Morgan fingerprint density at radius 3 is 2.30 bits per heavy atom. The Morgan fingerprint density at radius 2 is 1.67 bits per heavy atom. The van der Waals surface area contributed by atoms with E-state index in [1.54, 1.807) is 24.3 Å². The van der Waals surface area contributed by atoms with Crippen molar-refractivity contribution in [3.8, 4) is 5.75 Å². The molecular weight excluding hydrogens is 414 g/mol. The molecule has 1 atom stereocenters. The zero-order valence-electron chi connectivity index (χ0n) is 19.0. The third-order valence-electron chi connectivity index (χ3n) is 5.66. The number of hydrogen-bond acceptors (Lipinski definition) is 4. The van der Waals surface area contributed by atoms with Gasteiger partial charge in [-0.1, -0.05) is 61.5 Å². The number of nitrogens with zero attached hydrogens (tertiary/aromatic N) is 1. The lowest BCUT2D eigenvalue weighted by Gasteiger charge is -2.26. The summed E-state index contributed by atoms with van der Waals surface area (Å²) in [5, 5.41) is 11.2. The van der Waals surface area contributed by atoms with Gasteiger partial charge >= 0.3 is 0 Å². The van der Waals surface area contributed by atoms with Gasteiger partial charge in [-0.05, 0) is 55.7 Å². The molecule has 1 fully saturated rings. The Morgan fingerprint density at radius 1 is 0.970 bits per heavy atom. The van der Waals surface area contributed by atoms with Crippen molar-refractivity contribution in [2.75, 3.05) is 4.90 Å². The SMILES string of the molecule is CCc1ccc(/C(O)=C2/C(=O)C(=O)N(c3ccccc3)C2c2cccc(OC(C)C)c2)cc1. The van der Waals surface area contributed by atoms with Gasteiger partial charge < -0.3 is 9.84 Å². The number of para-hydroxylation sites is 1. The number of ether oxygens (including phenoxy) is 1. The number of aliphatic hydroxyl groups is 1. The van der Waals surface area contributed by atoms with Gasteiger partial charge in [0.25, 0.3) is 11.7 Å².